The quantitative estimate of drug-likeness (QED) is 0.776. The Kier molecular flexibility index (Phi) is 3.44. The average molecular weight is 287 g/mol. The number of nitrogens with zero attached hydrogens (tertiary/aromatic N) is 2. The van der Waals surface area contributed by atoms with Crippen molar-refractivity contribution in [1.29, 1.82) is 0 Å². The molecule has 0 fully saturated rings. The molecule has 1 N–H and O–H groups in total. The van der Waals surface area contributed by atoms with E-state index in [4.69, 9.17) is 4.42 Å². The number of fused-ring (bicyclic) bond motifs is 1. The highest BCUT2D eigenvalue weighted by atomic mass is 32.1. The summed E-state index contributed by atoms with van der Waals surface area (Å²) in [6.45, 7) is 6.96. The van der Waals surface area contributed by atoms with Crippen molar-refractivity contribution >= 4 is 28.1 Å². The van der Waals surface area contributed by atoms with Gasteiger partial charge >= 0.3 is 0 Å². The standard InChI is InChI=1S/C15H17N3OS/c1-9(2)15-18-13-6-11(4-5-14(13)19-15)17-8-12-7-16-10(3)20-12/h4-7,9,17H,8H2,1-3H3. The fraction of sp³-hybridized carbons (Fsp3) is 0.333. The largest absolute Gasteiger partial charge is 0.440 e. The van der Waals surface area contributed by atoms with Gasteiger partial charge in [-0.1, -0.05) is 13.8 Å². The fourth-order valence-corrected chi connectivity index (χ4v) is 2.71. The molecule has 2 heterocycles. The fourth-order valence-electron chi connectivity index (χ4n) is 1.98. The summed E-state index contributed by atoms with van der Waals surface area (Å²) in [6.07, 6.45) is 1.92. The van der Waals surface area contributed by atoms with Crippen molar-refractivity contribution in [2.45, 2.75) is 33.2 Å². The Morgan fingerprint density at radius 1 is 1.35 bits per heavy atom. The molecule has 1 aromatic carbocycles. The molecular formula is C15H17N3OS. The van der Waals surface area contributed by atoms with Crippen molar-refractivity contribution in [3.8, 4) is 0 Å². The zero-order valence-electron chi connectivity index (χ0n) is 11.8. The summed E-state index contributed by atoms with van der Waals surface area (Å²) in [4.78, 5) is 10.00. The smallest absolute Gasteiger partial charge is 0.198 e. The predicted octanol–water partition coefficient (Wildman–Crippen LogP) is 4.33. The van der Waals surface area contributed by atoms with Crippen LogP contribution in [0.2, 0.25) is 0 Å². The zero-order chi connectivity index (χ0) is 14.1. The Morgan fingerprint density at radius 2 is 2.20 bits per heavy atom. The molecule has 0 aliphatic heterocycles. The van der Waals surface area contributed by atoms with Gasteiger partial charge in [-0.15, -0.1) is 11.3 Å². The summed E-state index contributed by atoms with van der Waals surface area (Å²) in [6, 6.07) is 6.01. The van der Waals surface area contributed by atoms with Gasteiger partial charge in [-0.2, -0.15) is 0 Å². The molecule has 104 valence electrons. The van der Waals surface area contributed by atoms with E-state index in [1.807, 2.05) is 31.3 Å². The Bertz CT molecular complexity index is 730. The molecule has 0 unspecified atom stereocenters. The van der Waals surface area contributed by atoms with E-state index in [2.05, 4.69) is 29.1 Å². The van der Waals surface area contributed by atoms with Crippen LogP contribution in [0.3, 0.4) is 0 Å². The lowest BCUT2D eigenvalue weighted by Crippen LogP contribution is -1.96. The summed E-state index contributed by atoms with van der Waals surface area (Å²) < 4.78 is 5.70. The second-order valence-corrected chi connectivity index (χ2v) is 6.41. The maximum atomic E-state index is 5.70. The number of rotatable bonds is 4. The van der Waals surface area contributed by atoms with Gasteiger partial charge in [0, 0.05) is 22.7 Å². The lowest BCUT2D eigenvalue weighted by molar-refractivity contribution is 0.501. The monoisotopic (exact) mass is 287 g/mol. The number of thiazole rings is 1. The van der Waals surface area contributed by atoms with Crippen LogP contribution in [0.5, 0.6) is 0 Å². The second kappa shape index (κ2) is 5.25. The summed E-state index contributed by atoms with van der Waals surface area (Å²) in [5, 5.41) is 4.49. The van der Waals surface area contributed by atoms with Gasteiger partial charge in [0.15, 0.2) is 11.5 Å². The first-order valence-electron chi connectivity index (χ1n) is 6.67. The van der Waals surface area contributed by atoms with E-state index in [1.54, 1.807) is 11.3 Å². The summed E-state index contributed by atoms with van der Waals surface area (Å²) in [7, 11) is 0. The van der Waals surface area contributed by atoms with Gasteiger partial charge in [0.2, 0.25) is 0 Å². The van der Waals surface area contributed by atoms with Crippen LogP contribution in [0, 0.1) is 6.92 Å². The molecule has 0 radical (unpaired) electrons. The summed E-state index contributed by atoms with van der Waals surface area (Å²) in [5.41, 5.74) is 2.79. The van der Waals surface area contributed by atoms with Crippen LogP contribution in [-0.4, -0.2) is 9.97 Å². The van der Waals surface area contributed by atoms with Gasteiger partial charge in [0.1, 0.15) is 5.52 Å². The van der Waals surface area contributed by atoms with Gasteiger partial charge in [0.05, 0.1) is 11.6 Å². The van der Waals surface area contributed by atoms with Crippen LogP contribution in [-0.2, 0) is 6.54 Å². The highest BCUT2D eigenvalue weighted by Gasteiger charge is 2.09. The van der Waals surface area contributed by atoms with Crippen molar-refractivity contribution < 1.29 is 4.42 Å². The molecule has 4 nitrogen and oxygen atoms in total. The molecule has 20 heavy (non-hydrogen) atoms. The van der Waals surface area contributed by atoms with Crippen LogP contribution >= 0.6 is 11.3 Å². The second-order valence-electron chi connectivity index (χ2n) is 5.09. The van der Waals surface area contributed by atoms with Crippen LogP contribution in [0.1, 0.15) is 35.5 Å². The first kappa shape index (κ1) is 13.1. The Morgan fingerprint density at radius 3 is 2.90 bits per heavy atom. The van der Waals surface area contributed by atoms with E-state index in [0.29, 0.717) is 5.92 Å². The molecule has 2 aromatic heterocycles. The number of oxazole rings is 1. The molecular weight excluding hydrogens is 270 g/mol. The molecule has 0 saturated heterocycles. The van der Waals surface area contributed by atoms with Gasteiger partial charge < -0.3 is 9.73 Å². The zero-order valence-corrected chi connectivity index (χ0v) is 12.6. The van der Waals surface area contributed by atoms with Crippen molar-refractivity contribution in [3.05, 3.63) is 40.2 Å². The third-order valence-corrected chi connectivity index (χ3v) is 3.95. The van der Waals surface area contributed by atoms with Gasteiger partial charge in [-0.3, -0.25) is 0 Å². The number of benzene rings is 1. The number of aryl methyl sites for hydroxylation is 1. The minimum absolute atomic E-state index is 0.305. The Hall–Kier alpha value is -1.88. The van der Waals surface area contributed by atoms with Crippen LogP contribution in [0.4, 0.5) is 5.69 Å². The molecule has 0 atom stereocenters. The lowest BCUT2D eigenvalue weighted by atomic mass is 10.2. The van der Waals surface area contributed by atoms with Gasteiger partial charge in [-0.25, -0.2) is 9.97 Å². The minimum atomic E-state index is 0.305. The lowest BCUT2D eigenvalue weighted by Gasteiger charge is -2.03. The highest BCUT2D eigenvalue weighted by Crippen LogP contribution is 2.24. The number of anilines is 1. The molecule has 0 amide bonds. The maximum absolute atomic E-state index is 5.70. The Balaban J connectivity index is 1.78. The van der Waals surface area contributed by atoms with Crippen molar-refractivity contribution in [2.24, 2.45) is 0 Å². The number of aromatic nitrogens is 2. The SMILES string of the molecule is Cc1ncc(CNc2ccc3oc(C(C)C)nc3c2)s1. The van der Waals surface area contributed by atoms with Gasteiger partial charge in [-0.05, 0) is 25.1 Å². The van der Waals surface area contributed by atoms with Crippen LogP contribution in [0.15, 0.2) is 28.8 Å². The Labute approximate surface area is 121 Å². The first-order valence-corrected chi connectivity index (χ1v) is 7.49. The highest BCUT2D eigenvalue weighted by molar-refractivity contribution is 7.11. The van der Waals surface area contributed by atoms with Crippen LogP contribution in [0.25, 0.3) is 11.1 Å². The molecule has 0 spiro atoms. The minimum Gasteiger partial charge on any atom is -0.440 e. The first-order chi connectivity index (χ1) is 9.61. The third kappa shape index (κ3) is 2.67. The molecule has 0 saturated carbocycles. The molecule has 0 aliphatic carbocycles. The molecule has 0 bridgehead atoms. The molecule has 3 aromatic rings. The number of hydrogen-bond donors (Lipinski definition) is 1. The van der Waals surface area contributed by atoms with E-state index in [0.717, 1.165) is 34.2 Å². The molecule has 0 aliphatic rings. The van der Waals surface area contributed by atoms with Crippen LogP contribution < -0.4 is 5.32 Å². The van der Waals surface area contributed by atoms with Crippen molar-refractivity contribution in [1.82, 2.24) is 9.97 Å². The van der Waals surface area contributed by atoms with E-state index in [9.17, 15) is 0 Å². The van der Waals surface area contributed by atoms with Crippen molar-refractivity contribution in [2.75, 3.05) is 5.32 Å². The van der Waals surface area contributed by atoms with Gasteiger partial charge in [0.25, 0.3) is 0 Å². The van der Waals surface area contributed by atoms with E-state index < -0.39 is 0 Å². The third-order valence-electron chi connectivity index (χ3n) is 3.03. The molecule has 3 rings (SSSR count). The predicted molar refractivity (Wildman–Crippen MR) is 82.3 cm³/mol. The summed E-state index contributed by atoms with van der Waals surface area (Å²) >= 11 is 1.71. The number of hydrogen-bond acceptors (Lipinski definition) is 5. The van der Waals surface area contributed by atoms with E-state index in [1.165, 1.54) is 4.88 Å². The van der Waals surface area contributed by atoms with E-state index >= 15 is 0 Å². The summed E-state index contributed by atoms with van der Waals surface area (Å²) in [5.74, 6) is 1.09. The maximum Gasteiger partial charge on any atom is 0.198 e. The van der Waals surface area contributed by atoms with Crippen molar-refractivity contribution in [3.63, 3.8) is 0 Å². The average Bonchev–Trinajstić information content (AvgIpc) is 3.01. The number of nitrogens with one attached hydrogen (secondary N) is 1. The molecule has 5 heteroatoms. The normalized spacial score (nSPS) is 11.4. The topological polar surface area (TPSA) is 51.0 Å². The van der Waals surface area contributed by atoms with E-state index in [-0.39, 0.29) is 0 Å².